The Morgan fingerprint density at radius 3 is 2.79 bits per heavy atom. The molecule has 0 fully saturated rings. The molecule has 5 nitrogen and oxygen atoms in total. The molecule has 0 spiro atoms. The van der Waals surface area contributed by atoms with Crippen LogP contribution in [0.15, 0.2) is 64.5 Å². The molecular weight excluding hydrogens is 401 g/mol. The van der Waals surface area contributed by atoms with Crippen LogP contribution in [-0.4, -0.2) is 16.0 Å². The van der Waals surface area contributed by atoms with E-state index in [4.69, 9.17) is 16.1 Å². The van der Waals surface area contributed by atoms with Crippen molar-refractivity contribution in [2.75, 3.05) is 5.32 Å². The predicted molar refractivity (Wildman–Crippen MR) is 107 cm³/mol. The molecular formula is C20H13ClFN3O2S. The van der Waals surface area contributed by atoms with Gasteiger partial charge in [0.2, 0.25) is 11.7 Å². The zero-order valence-electron chi connectivity index (χ0n) is 14.4. The lowest BCUT2D eigenvalue weighted by Gasteiger charge is -2.05. The van der Waals surface area contributed by atoms with E-state index < -0.39 is 0 Å². The number of nitrogens with one attached hydrogen (secondary N) is 1. The van der Waals surface area contributed by atoms with Gasteiger partial charge in [-0.3, -0.25) is 4.79 Å². The van der Waals surface area contributed by atoms with Crippen molar-refractivity contribution in [2.24, 2.45) is 0 Å². The highest BCUT2D eigenvalue weighted by Gasteiger charge is 2.17. The lowest BCUT2D eigenvalue weighted by molar-refractivity contribution is -0.115. The highest BCUT2D eigenvalue weighted by Crippen LogP contribution is 2.33. The molecule has 1 N–H and O–H groups in total. The zero-order valence-corrected chi connectivity index (χ0v) is 15.9. The Hall–Kier alpha value is -3.03. The molecule has 140 valence electrons. The van der Waals surface area contributed by atoms with Crippen molar-refractivity contribution in [1.29, 1.82) is 0 Å². The van der Waals surface area contributed by atoms with Crippen LogP contribution in [0.3, 0.4) is 0 Å². The number of halogens is 2. The fraction of sp³-hybridized carbons (Fsp3) is 0.0500. The van der Waals surface area contributed by atoms with Crippen LogP contribution in [0, 0.1) is 5.82 Å². The predicted octanol–water partition coefficient (Wildman–Crippen LogP) is 5.44. The van der Waals surface area contributed by atoms with Crippen LogP contribution < -0.4 is 5.32 Å². The summed E-state index contributed by atoms with van der Waals surface area (Å²) < 4.78 is 18.7. The van der Waals surface area contributed by atoms with Crippen molar-refractivity contribution < 1.29 is 13.7 Å². The Labute approximate surface area is 168 Å². The molecule has 1 amide bonds. The zero-order chi connectivity index (χ0) is 19.5. The standard InChI is InChI=1S/C20H13ClFN3O2S/c21-14-6-4-12(5-7-14)10-17(26)23-16-8-9-28-18(16)20-24-19(25-27-20)13-2-1-3-15(22)11-13/h1-9,11H,10H2,(H,23,26). The summed E-state index contributed by atoms with van der Waals surface area (Å²) in [6, 6.07) is 14.8. The van der Waals surface area contributed by atoms with E-state index in [0.29, 0.717) is 21.2 Å². The second-order valence-corrected chi connectivity index (χ2v) is 7.30. The van der Waals surface area contributed by atoms with Crippen LogP contribution in [0.25, 0.3) is 22.2 Å². The van der Waals surface area contributed by atoms with Gasteiger partial charge < -0.3 is 9.84 Å². The number of anilines is 1. The largest absolute Gasteiger partial charge is 0.333 e. The first-order chi connectivity index (χ1) is 13.6. The molecule has 4 aromatic rings. The fourth-order valence-electron chi connectivity index (χ4n) is 2.62. The minimum atomic E-state index is -0.380. The summed E-state index contributed by atoms with van der Waals surface area (Å²) in [5.74, 6) is -0.0145. The van der Waals surface area contributed by atoms with Gasteiger partial charge in [0.1, 0.15) is 10.7 Å². The summed E-state index contributed by atoms with van der Waals surface area (Å²) in [7, 11) is 0. The number of amides is 1. The van der Waals surface area contributed by atoms with Crippen LogP contribution in [0.5, 0.6) is 0 Å². The molecule has 0 radical (unpaired) electrons. The first-order valence-corrected chi connectivity index (χ1v) is 9.56. The van der Waals surface area contributed by atoms with E-state index in [1.807, 2.05) is 5.38 Å². The molecule has 28 heavy (non-hydrogen) atoms. The maximum atomic E-state index is 13.4. The van der Waals surface area contributed by atoms with Gasteiger partial charge in [-0.1, -0.05) is 41.0 Å². The minimum Gasteiger partial charge on any atom is -0.333 e. The number of carbonyl (C=O) groups is 1. The van der Waals surface area contributed by atoms with E-state index in [-0.39, 0.29) is 29.9 Å². The van der Waals surface area contributed by atoms with E-state index in [2.05, 4.69) is 15.5 Å². The molecule has 0 atom stereocenters. The molecule has 2 aromatic carbocycles. The van der Waals surface area contributed by atoms with Crippen molar-refractivity contribution in [3.8, 4) is 22.2 Å². The van der Waals surface area contributed by atoms with Crippen LogP contribution >= 0.6 is 22.9 Å². The Bertz CT molecular complexity index is 1120. The third-order valence-electron chi connectivity index (χ3n) is 3.92. The van der Waals surface area contributed by atoms with Gasteiger partial charge in [-0.2, -0.15) is 4.98 Å². The van der Waals surface area contributed by atoms with Gasteiger partial charge in [0.15, 0.2) is 0 Å². The maximum Gasteiger partial charge on any atom is 0.270 e. The minimum absolute atomic E-state index is 0.174. The molecule has 0 bridgehead atoms. The molecule has 8 heteroatoms. The van der Waals surface area contributed by atoms with E-state index >= 15 is 0 Å². The summed E-state index contributed by atoms with van der Waals surface area (Å²) >= 11 is 7.23. The smallest absolute Gasteiger partial charge is 0.270 e. The highest BCUT2D eigenvalue weighted by molar-refractivity contribution is 7.14. The average molecular weight is 414 g/mol. The number of hydrogen-bond donors (Lipinski definition) is 1. The van der Waals surface area contributed by atoms with Crippen LogP contribution in [0.1, 0.15) is 5.56 Å². The lowest BCUT2D eigenvalue weighted by Crippen LogP contribution is -2.14. The molecule has 0 saturated carbocycles. The second kappa shape index (κ2) is 7.92. The first-order valence-electron chi connectivity index (χ1n) is 8.30. The van der Waals surface area contributed by atoms with Crippen molar-refractivity contribution in [3.63, 3.8) is 0 Å². The van der Waals surface area contributed by atoms with Crippen LogP contribution in [0.4, 0.5) is 10.1 Å². The quantitative estimate of drug-likeness (QED) is 0.473. The lowest BCUT2D eigenvalue weighted by atomic mass is 10.1. The Balaban J connectivity index is 1.51. The Morgan fingerprint density at radius 2 is 2.00 bits per heavy atom. The number of carbonyl (C=O) groups excluding carboxylic acids is 1. The Morgan fingerprint density at radius 1 is 1.18 bits per heavy atom. The number of benzene rings is 2. The first kappa shape index (κ1) is 18.3. The average Bonchev–Trinajstić information content (AvgIpc) is 3.33. The van der Waals surface area contributed by atoms with Crippen molar-refractivity contribution in [1.82, 2.24) is 10.1 Å². The molecule has 2 aromatic heterocycles. The number of aromatic nitrogens is 2. The maximum absolute atomic E-state index is 13.4. The molecule has 0 aliphatic heterocycles. The highest BCUT2D eigenvalue weighted by atomic mass is 35.5. The van der Waals surface area contributed by atoms with E-state index in [0.717, 1.165) is 5.56 Å². The van der Waals surface area contributed by atoms with Gasteiger partial charge >= 0.3 is 0 Å². The van der Waals surface area contributed by atoms with E-state index in [9.17, 15) is 9.18 Å². The normalized spacial score (nSPS) is 10.8. The third kappa shape index (κ3) is 4.11. The summed E-state index contributed by atoms with van der Waals surface area (Å²) in [6.07, 6.45) is 0.213. The number of thiophene rings is 1. The van der Waals surface area contributed by atoms with Crippen LogP contribution in [0.2, 0.25) is 5.02 Å². The van der Waals surface area contributed by atoms with Crippen molar-refractivity contribution in [3.05, 3.63) is 76.4 Å². The fourth-order valence-corrected chi connectivity index (χ4v) is 3.51. The number of hydrogen-bond acceptors (Lipinski definition) is 5. The number of nitrogens with zero attached hydrogens (tertiary/aromatic N) is 2. The number of rotatable bonds is 5. The van der Waals surface area contributed by atoms with E-state index in [1.165, 1.54) is 23.5 Å². The molecule has 0 saturated heterocycles. The van der Waals surface area contributed by atoms with Crippen LogP contribution in [-0.2, 0) is 11.2 Å². The monoisotopic (exact) mass is 413 g/mol. The van der Waals surface area contributed by atoms with Gasteiger partial charge in [-0.05, 0) is 41.3 Å². The van der Waals surface area contributed by atoms with Gasteiger partial charge in [-0.15, -0.1) is 11.3 Å². The molecule has 0 aliphatic rings. The SMILES string of the molecule is O=C(Cc1ccc(Cl)cc1)Nc1ccsc1-c1nc(-c2cccc(F)c2)no1. The summed E-state index contributed by atoms with van der Waals surface area (Å²) in [5.41, 5.74) is 1.95. The third-order valence-corrected chi connectivity index (χ3v) is 5.07. The topological polar surface area (TPSA) is 68.0 Å². The van der Waals surface area contributed by atoms with Gasteiger partial charge in [0.05, 0.1) is 12.1 Å². The van der Waals surface area contributed by atoms with Gasteiger partial charge in [-0.25, -0.2) is 4.39 Å². The van der Waals surface area contributed by atoms with E-state index in [1.54, 1.807) is 42.5 Å². The summed E-state index contributed by atoms with van der Waals surface area (Å²) in [6.45, 7) is 0. The van der Waals surface area contributed by atoms with Gasteiger partial charge in [0.25, 0.3) is 5.89 Å². The summed E-state index contributed by atoms with van der Waals surface area (Å²) in [4.78, 5) is 17.3. The van der Waals surface area contributed by atoms with Crippen molar-refractivity contribution in [2.45, 2.75) is 6.42 Å². The second-order valence-electron chi connectivity index (χ2n) is 5.95. The Kier molecular flexibility index (Phi) is 5.18. The van der Waals surface area contributed by atoms with Crippen molar-refractivity contribution >= 4 is 34.5 Å². The molecule has 2 heterocycles. The molecule has 0 aliphatic carbocycles. The molecule has 4 rings (SSSR count). The van der Waals surface area contributed by atoms with Gasteiger partial charge in [0, 0.05) is 10.6 Å². The molecule has 0 unspecified atom stereocenters. The summed E-state index contributed by atoms with van der Waals surface area (Å²) in [5, 5.41) is 9.21.